The molecule has 0 radical (unpaired) electrons. The molecule has 1 fully saturated rings. The van der Waals surface area contributed by atoms with E-state index in [9.17, 15) is 4.79 Å². The molecule has 1 aliphatic rings. The molecule has 0 saturated carbocycles. The van der Waals surface area contributed by atoms with Crippen molar-refractivity contribution < 1.29 is 4.79 Å². The SMILES string of the molecule is NCc1ccc(CN2CCCC(C(N)=O)C2)cc1. The van der Waals surface area contributed by atoms with E-state index >= 15 is 0 Å². The van der Waals surface area contributed by atoms with Gasteiger partial charge in [-0.05, 0) is 30.5 Å². The third-order valence-electron chi connectivity index (χ3n) is 3.57. The molecule has 18 heavy (non-hydrogen) atoms. The van der Waals surface area contributed by atoms with Crippen LogP contribution in [0.1, 0.15) is 24.0 Å². The van der Waals surface area contributed by atoms with Crippen molar-refractivity contribution in [2.24, 2.45) is 17.4 Å². The first kappa shape index (κ1) is 13.1. The lowest BCUT2D eigenvalue weighted by molar-refractivity contribution is -0.123. The van der Waals surface area contributed by atoms with E-state index < -0.39 is 0 Å². The van der Waals surface area contributed by atoms with Crippen LogP contribution in [0.5, 0.6) is 0 Å². The number of hydrogen-bond donors (Lipinski definition) is 2. The highest BCUT2D eigenvalue weighted by Crippen LogP contribution is 2.18. The standard InChI is InChI=1S/C14H21N3O/c15-8-11-3-5-12(6-4-11)9-17-7-1-2-13(10-17)14(16)18/h3-6,13H,1-2,7-10,15H2,(H2,16,18). The van der Waals surface area contributed by atoms with Crippen LogP contribution in [0.3, 0.4) is 0 Å². The summed E-state index contributed by atoms with van der Waals surface area (Å²) >= 11 is 0. The molecule has 1 aromatic rings. The van der Waals surface area contributed by atoms with Crippen molar-refractivity contribution in [1.82, 2.24) is 4.90 Å². The predicted molar refractivity (Wildman–Crippen MR) is 71.5 cm³/mol. The summed E-state index contributed by atoms with van der Waals surface area (Å²) in [4.78, 5) is 13.5. The molecule has 1 heterocycles. The Morgan fingerprint density at radius 1 is 1.28 bits per heavy atom. The highest BCUT2D eigenvalue weighted by atomic mass is 16.1. The van der Waals surface area contributed by atoms with Crippen LogP contribution in [0.25, 0.3) is 0 Å². The predicted octanol–water partition coefficient (Wildman–Crippen LogP) is 0.843. The highest BCUT2D eigenvalue weighted by Gasteiger charge is 2.23. The van der Waals surface area contributed by atoms with Gasteiger partial charge in [-0.2, -0.15) is 0 Å². The molecular formula is C14H21N3O. The quantitative estimate of drug-likeness (QED) is 0.828. The summed E-state index contributed by atoms with van der Waals surface area (Å²) in [5, 5.41) is 0. The minimum atomic E-state index is -0.168. The number of rotatable bonds is 4. The van der Waals surface area contributed by atoms with E-state index in [1.165, 1.54) is 5.56 Å². The molecule has 0 spiro atoms. The topological polar surface area (TPSA) is 72.3 Å². The number of hydrogen-bond acceptors (Lipinski definition) is 3. The van der Waals surface area contributed by atoms with Gasteiger partial charge in [-0.15, -0.1) is 0 Å². The van der Waals surface area contributed by atoms with Crippen molar-refractivity contribution in [1.29, 1.82) is 0 Å². The third kappa shape index (κ3) is 3.31. The van der Waals surface area contributed by atoms with Crippen molar-refractivity contribution in [2.45, 2.75) is 25.9 Å². The monoisotopic (exact) mass is 247 g/mol. The molecular weight excluding hydrogens is 226 g/mol. The summed E-state index contributed by atoms with van der Waals surface area (Å²) in [6.07, 6.45) is 1.98. The van der Waals surface area contributed by atoms with Crippen LogP contribution in [-0.4, -0.2) is 23.9 Å². The Hall–Kier alpha value is -1.39. The van der Waals surface area contributed by atoms with Crippen molar-refractivity contribution in [3.05, 3.63) is 35.4 Å². The first-order valence-corrected chi connectivity index (χ1v) is 6.48. The fourth-order valence-corrected chi connectivity index (χ4v) is 2.47. The molecule has 1 aliphatic heterocycles. The number of amides is 1. The maximum absolute atomic E-state index is 11.2. The number of likely N-dealkylation sites (tertiary alicyclic amines) is 1. The highest BCUT2D eigenvalue weighted by molar-refractivity contribution is 5.76. The Kier molecular flexibility index (Phi) is 4.33. The van der Waals surface area contributed by atoms with Gasteiger partial charge in [-0.25, -0.2) is 0 Å². The average molecular weight is 247 g/mol. The van der Waals surface area contributed by atoms with Gasteiger partial charge in [0.1, 0.15) is 0 Å². The Bertz CT molecular complexity index is 402. The van der Waals surface area contributed by atoms with Gasteiger partial charge in [0.2, 0.25) is 5.91 Å². The fourth-order valence-electron chi connectivity index (χ4n) is 2.47. The number of piperidine rings is 1. The van der Waals surface area contributed by atoms with Crippen molar-refractivity contribution >= 4 is 5.91 Å². The van der Waals surface area contributed by atoms with Crippen molar-refractivity contribution in [3.63, 3.8) is 0 Å². The number of nitrogens with zero attached hydrogens (tertiary/aromatic N) is 1. The number of nitrogens with two attached hydrogens (primary N) is 2. The van der Waals surface area contributed by atoms with Crippen LogP contribution in [0, 0.1) is 5.92 Å². The maximum atomic E-state index is 11.2. The number of primary amides is 1. The summed E-state index contributed by atoms with van der Waals surface area (Å²) < 4.78 is 0. The second kappa shape index (κ2) is 5.98. The molecule has 1 atom stereocenters. The zero-order valence-electron chi connectivity index (χ0n) is 10.6. The van der Waals surface area contributed by atoms with E-state index in [1.807, 2.05) is 0 Å². The van der Waals surface area contributed by atoms with E-state index in [0.717, 1.165) is 38.0 Å². The molecule has 1 saturated heterocycles. The largest absolute Gasteiger partial charge is 0.369 e. The van der Waals surface area contributed by atoms with Gasteiger partial charge in [-0.1, -0.05) is 24.3 Å². The fraction of sp³-hybridized carbons (Fsp3) is 0.500. The lowest BCUT2D eigenvalue weighted by atomic mass is 9.97. The lowest BCUT2D eigenvalue weighted by Gasteiger charge is -2.31. The van der Waals surface area contributed by atoms with E-state index in [1.54, 1.807) is 0 Å². The van der Waals surface area contributed by atoms with Crippen molar-refractivity contribution in [2.75, 3.05) is 13.1 Å². The number of carbonyl (C=O) groups excluding carboxylic acids is 1. The first-order valence-electron chi connectivity index (χ1n) is 6.48. The summed E-state index contributed by atoms with van der Waals surface area (Å²) in [5.41, 5.74) is 13.4. The van der Waals surface area contributed by atoms with Gasteiger partial charge < -0.3 is 11.5 Å². The summed E-state index contributed by atoms with van der Waals surface area (Å²) in [7, 11) is 0. The Morgan fingerprint density at radius 2 is 1.94 bits per heavy atom. The van der Waals surface area contributed by atoms with Crippen LogP contribution in [0.2, 0.25) is 0 Å². The van der Waals surface area contributed by atoms with Crippen LogP contribution in [-0.2, 0) is 17.9 Å². The molecule has 4 heteroatoms. The van der Waals surface area contributed by atoms with Crippen LogP contribution < -0.4 is 11.5 Å². The van der Waals surface area contributed by atoms with Gasteiger partial charge in [0.05, 0.1) is 5.92 Å². The molecule has 1 unspecified atom stereocenters. The normalized spacial score (nSPS) is 20.8. The summed E-state index contributed by atoms with van der Waals surface area (Å²) in [6, 6.07) is 8.34. The van der Waals surface area contributed by atoms with E-state index in [0.29, 0.717) is 6.54 Å². The molecule has 2 rings (SSSR count). The smallest absolute Gasteiger partial charge is 0.221 e. The van der Waals surface area contributed by atoms with E-state index in [4.69, 9.17) is 11.5 Å². The van der Waals surface area contributed by atoms with Gasteiger partial charge >= 0.3 is 0 Å². The first-order chi connectivity index (χ1) is 8.69. The van der Waals surface area contributed by atoms with Gasteiger partial charge in [0.25, 0.3) is 0 Å². The lowest BCUT2D eigenvalue weighted by Crippen LogP contribution is -2.40. The molecule has 0 aromatic heterocycles. The molecule has 98 valence electrons. The summed E-state index contributed by atoms with van der Waals surface area (Å²) in [6.45, 7) is 3.29. The maximum Gasteiger partial charge on any atom is 0.221 e. The third-order valence-corrected chi connectivity index (χ3v) is 3.57. The molecule has 0 bridgehead atoms. The Labute approximate surface area is 108 Å². The minimum Gasteiger partial charge on any atom is -0.369 e. The molecule has 1 amide bonds. The number of benzene rings is 1. The van der Waals surface area contributed by atoms with Crippen LogP contribution in [0.4, 0.5) is 0 Å². The van der Waals surface area contributed by atoms with E-state index in [2.05, 4.69) is 29.2 Å². The molecule has 4 nitrogen and oxygen atoms in total. The van der Waals surface area contributed by atoms with Crippen LogP contribution in [0.15, 0.2) is 24.3 Å². The summed E-state index contributed by atoms with van der Waals surface area (Å²) in [5.74, 6) is -0.153. The van der Waals surface area contributed by atoms with E-state index in [-0.39, 0.29) is 11.8 Å². The molecule has 4 N–H and O–H groups in total. The Morgan fingerprint density at radius 3 is 2.56 bits per heavy atom. The number of carbonyl (C=O) groups is 1. The minimum absolute atomic E-state index is 0.0158. The van der Waals surface area contributed by atoms with Gasteiger partial charge in [0.15, 0.2) is 0 Å². The second-order valence-corrected chi connectivity index (χ2v) is 5.00. The zero-order chi connectivity index (χ0) is 13.0. The zero-order valence-corrected chi connectivity index (χ0v) is 10.6. The Balaban J connectivity index is 1.93. The molecule has 0 aliphatic carbocycles. The van der Waals surface area contributed by atoms with Crippen LogP contribution >= 0.6 is 0 Å². The van der Waals surface area contributed by atoms with Crippen molar-refractivity contribution in [3.8, 4) is 0 Å². The average Bonchev–Trinajstić information content (AvgIpc) is 2.40. The second-order valence-electron chi connectivity index (χ2n) is 5.00. The molecule has 1 aromatic carbocycles. The van der Waals surface area contributed by atoms with Gasteiger partial charge in [-0.3, -0.25) is 9.69 Å². The van der Waals surface area contributed by atoms with Gasteiger partial charge in [0, 0.05) is 19.6 Å².